The van der Waals surface area contributed by atoms with Crippen LogP contribution in [0.25, 0.3) is 0 Å². The fourth-order valence-electron chi connectivity index (χ4n) is 1.50. The quantitative estimate of drug-likeness (QED) is 0.618. The first-order valence-electron chi connectivity index (χ1n) is 6.05. The van der Waals surface area contributed by atoms with Crippen molar-refractivity contribution < 1.29 is 9.47 Å². The molecule has 0 aliphatic rings. The minimum absolute atomic E-state index is 0.611. The predicted molar refractivity (Wildman–Crippen MR) is 66.1 cm³/mol. The zero-order chi connectivity index (χ0) is 12.5. The summed E-state index contributed by atoms with van der Waals surface area (Å²) in [5.74, 6) is 0. The zero-order valence-corrected chi connectivity index (χ0v) is 10.3. The van der Waals surface area contributed by atoms with Crippen LogP contribution < -0.4 is 0 Å². The Morgan fingerprint density at radius 3 is 1.61 bits per heavy atom. The number of nitrogens with zero attached hydrogens (tertiary/aromatic N) is 4. The molecule has 0 saturated heterocycles. The van der Waals surface area contributed by atoms with Gasteiger partial charge in [-0.15, -0.1) is 0 Å². The Morgan fingerprint density at radius 2 is 1.22 bits per heavy atom. The average molecular weight is 250 g/mol. The largest absolute Gasteiger partial charge is 0.377 e. The van der Waals surface area contributed by atoms with Gasteiger partial charge in [-0.1, -0.05) is 0 Å². The maximum Gasteiger partial charge on any atom is 0.0701 e. The van der Waals surface area contributed by atoms with Crippen molar-refractivity contribution in [2.24, 2.45) is 0 Å². The molecule has 2 aromatic rings. The van der Waals surface area contributed by atoms with Gasteiger partial charge < -0.3 is 9.47 Å². The van der Waals surface area contributed by atoms with Crippen molar-refractivity contribution in [2.75, 3.05) is 26.4 Å². The van der Waals surface area contributed by atoms with Gasteiger partial charge in [0.25, 0.3) is 0 Å². The molecule has 2 heterocycles. The summed E-state index contributed by atoms with van der Waals surface area (Å²) in [6, 6.07) is 3.80. The highest BCUT2D eigenvalue weighted by Gasteiger charge is 1.93. The number of ether oxygens (including phenoxy) is 2. The SMILES string of the molecule is c1cnn(CCOCCOCCn2cccn2)c1. The van der Waals surface area contributed by atoms with Crippen molar-refractivity contribution in [3.8, 4) is 0 Å². The number of hydrogen-bond donors (Lipinski definition) is 0. The summed E-state index contributed by atoms with van der Waals surface area (Å²) in [7, 11) is 0. The predicted octanol–water partition coefficient (Wildman–Crippen LogP) is 0.813. The van der Waals surface area contributed by atoms with E-state index in [4.69, 9.17) is 9.47 Å². The van der Waals surface area contributed by atoms with Crippen molar-refractivity contribution in [1.82, 2.24) is 19.6 Å². The fraction of sp³-hybridized carbons (Fsp3) is 0.500. The maximum atomic E-state index is 5.44. The molecule has 0 unspecified atom stereocenters. The van der Waals surface area contributed by atoms with Crippen LogP contribution in [0, 0.1) is 0 Å². The van der Waals surface area contributed by atoms with E-state index in [1.165, 1.54) is 0 Å². The van der Waals surface area contributed by atoms with Crippen LogP contribution in [0.5, 0.6) is 0 Å². The molecule has 6 heteroatoms. The second-order valence-corrected chi connectivity index (χ2v) is 3.76. The first kappa shape index (κ1) is 12.8. The van der Waals surface area contributed by atoms with Crippen molar-refractivity contribution >= 4 is 0 Å². The van der Waals surface area contributed by atoms with Gasteiger partial charge in [0.1, 0.15) is 0 Å². The first-order chi connectivity index (χ1) is 8.95. The van der Waals surface area contributed by atoms with Crippen LogP contribution >= 0.6 is 0 Å². The summed E-state index contributed by atoms with van der Waals surface area (Å²) in [4.78, 5) is 0. The Bertz CT molecular complexity index is 359. The van der Waals surface area contributed by atoms with Gasteiger partial charge in [0.2, 0.25) is 0 Å². The van der Waals surface area contributed by atoms with E-state index in [1.807, 2.05) is 33.9 Å². The van der Waals surface area contributed by atoms with Crippen LogP contribution in [0.4, 0.5) is 0 Å². The van der Waals surface area contributed by atoms with Gasteiger partial charge in [-0.3, -0.25) is 9.36 Å². The van der Waals surface area contributed by atoms with Gasteiger partial charge in [-0.2, -0.15) is 10.2 Å². The van der Waals surface area contributed by atoms with Gasteiger partial charge in [-0.25, -0.2) is 0 Å². The van der Waals surface area contributed by atoms with Crippen LogP contribution in [0.3, 0.4) is 0 Å². The standard InChI is InChI=1S/C12H18N4O2/c1-3-13-15(5-1)7-9-17-11-12-18-10-8-16-6-2-4-14-16/h1-6H,7-12H2. The summed E-state index contributed by atoms with van der Waals surface area (Å²) in [6.45, 7) is 4.09. The molecule has 0 aromatic carbocycles. The molecular formula is C12H18N4O2. The van der Waals surface area contributed by atoms with Gasteiger partial charge in [-0.05, 0) is 12.1 Å². The molecule has 0 atom stereocenters. The summed E-state index contributed by atoms with van der Waals surface area (Å²) < 4.78 is 14.6. The maximum absolute atomic E-state index is 5.44. The van der Waals surface area contributed by atoms with E-state index in [9.17, 15) is 0 Å². The first-order valence-corrected chi connectivity index (χ1v) is 6.05. The van der Waals surface area contributed by atoms with E-state index in [0.717, 1.165) is 13.1 Å². The summed E-state index contributed by atoms with van der Waals surface area (Å²) >= 11 is 0. The number of aromatic nitrogens is 4. The molecule has 0 radical (unpaired) electrons. The topological polar surface area (TPSA) is 54.1 Å². The van der Waals surface area contributed by atoms with Gasteiger partial charge in [0.05, 0.1) is 39.5 Å². The molecule has 0 N–H and O–H groups in total. The van der Waals surface area contributed by atoms with Crippen molar-refractivity contribution in [3.63, 3.8) is 0 Å². The van der Waals surface area contributed by atoms with Crippen molar-refractivity contribution in [2.45, 2.75) is 13.1 Å². The highest BCUT2D eigenvalue weighted by atomic mass is 16.5. The minimum atomic E-state index is 0.611. The van der Waals surface area contributed by atoms with Crippen LogP contribution in [0.15, 0.2) is 36.9 Å². The lowest BCUT2D eigenvalue weighted by Gasteiger charge is -2.06. The van der Waals surface area contributed by atoms with Crippen LogP contribution in [0.2, 0.25) is 0 Å². The monoisotopic (exact) mass is 250 g/mol. The summed E-state index contributed by atoms with van der Waals surface area (Å²) in [5, 5.41) is 8.18. The van der Waals surface area contributed by atoms with Gasteiger partial charge in [0.15, 0.2) is 0 Å². The van der Waals surface area contributed by atoms with E-state index in [2.05, 4.69) is 10.2 Å². The number of rotatable bonds is 9. The molecule has 2 rings (SSSR count). The van der Waals surface area contributed by atoms with E-state index >= 15 is 0 Å². The average Bonchev–Trinajstić information content (AvgIpc) is 3.05. The normalized spacial score (nSPS) is 10.9. The second kappa shape index (κ2) is 7.62. The van der Waals surface area contributed by atoms with Crippen molar-refractivity contribution in [1.29, 1.82) is 0 Å². The summed E-state index contributed by atoms with van der Waals surface area (Å²) in [6.07, 6.45) is 7.37. The van der Waals surface area contributed by atoms with E-state index < -0.39 is 0 Å². The third-order valence-corrected chi connectivity index (χ3v) is 2.42. The highest BCUT2D eigenvalue weighted by molar-refractivity contribution is 4.77. The van der Waals surface area contributed by atoms with Gasteiger partial charge in [0, 0.05) is 24.8 Å². The fourth-order valence-corrected chi connectivity index (χ4v) is 1.50. The molecule has 2 aromatic heterocycles. The molecule has 0 aliphatic carbocycles. The highest BCUT2D eigenvalue weighted by Crippen LogP contribution is 1.88. The molecule has 0 aliphatic heterocycles. The molecule has 0 amide bonds. The Hall–Kier alpha value is -1.66. The van der Waals surface area contributed by atoms with E-state index in [0.29, 0.717) is 26.4 Å². The molecule has 6 nitrogen and oxygen atoms in total. The third kappa shape index (κ3) is 4.68. The molecule has 0 fully saturated rings. The Balaban J connectivity index is 1.40. The summed E-state index contributed by atoms with van der Waals surface area (Å²) in [5.41, 5.74) is 0. The Morgan fingerprint density at radius 1 is 0.722 bits per heavy atom. The minimum Gasteiger partial charge on any atom is -0.377 e. The smallest absolute Gasteiger partial charge is 0.0701 e. The molecular weight excluding hydrogens is 232 g/mol. The van der Waals surface area contributed by atoms with E-state index in [1.54, 1.807) is 12.4 Å². The Labute approximate surface area is 106 Å². The third-order valence-electron chi connectivity index (χ3n) is 2.42. The second-order valence-electron chi connectivity index (χ2n) is 3.76. The van der Waals surface area contributed by atoms with Crippen molar-refractivity contribution in [3.05, 3.63) is 36.9 Å². The van der Waals surface area contributed by atoms with Crippen LogP contribution in [-0.4, -0.2) is 46.0 Å². The molecule has 98 valence electrons. The van der Waals surface area contributed by atoms with Crippen LogP contribution in [-0.2, 0) is 22.6 Å². The molecule has 0 spiro atoms. The molecule has 0 saturated carbocycles. The van der Waals surface area contributed by atoms with Crippen LogP contribution in [0.1, 0.15) is 0 Å². The zero-order valence-electron chi connectivity index (χ0n) is 10.3. The molecule has 18 heavy (non-hydrogen) atoms. The van der Waals surface area contributed by atoms with Gasteiger partial charge >= 0.3 is 0 Å². The lowest BCUT2D eigenvalue weighted by Crippen LogP contribution is -2.12. The lowest BCUT2D eigenvalue weighted by atomic mass is 10.6. The lowest BCUT2D eigenvalue weighted by molar-refractivity contribution is 0.0404. The molecule has 0 bridgehead atoms. The number of hydrogen-bond acceptors (Lipinski definition) is 4. The Kier molecular flexibility index (Phi) is 5.42. The van der Waals surface area contributed by atoms with E-state index in [-0.39, 0.29) is 0 Å².